The van der Waals surface area contributed by atoms with Gasteiger partial charge in [-0.1, -0.05) is 6.07 Å². The minimum atomic E-state index is -0.194. The molecule has 0 bridgehead atoms. The summed E-state index contributed by atoms with van der Waals surface area (Å²) in [5, 5.41) is 2.77. The summed E-state index contributed by atoms with van der Waals surface area (Å²) in [6.07, 6.45) is 2.99. The zero-order valence-corrected chi connectivity index (χ0v) is 18.7. The van der Waals surface area contributed by atoms with Crippen molar-refractivity contribution in [3.05, 3.63) is 41.0 Å². The van der Waals surface area contributed by atoms with E-state index in [0.29, 0.717) is 36.8 Å². The highest BCUT2D eigenvalue weighted by atomic mass is 16.2. The standard InChI is InChI=1S/C23H28N6O3/c1-14-7-4-9-18(24-14)26-19(30)10-5-11-20(31)29-12-6-8-17(29)22-25-15(2)16-13-21(32)28(3)23(16)27-22/h4,7,9,17H,5-6,8,10-13H2,1-3H3,(H,24,26,30)/t17-/m0/s1. The third kappa shape index (κ3) is 4.46. The number of aromatic nitrogens is 3. The topological polar surface area (TPSA) is 108 Å². The van der Waals surface area contributed by atoms with E-state index in [0.717, 1.165) is 29.8 Å². The normalized spacial score (nSPS) is 17.6. The number of amides is 3. The maximum Gasteiger partial charge on any atom is 0.232 e. The first-order valence-electron chi connectivity index (χ1n) is 11.0. The van der Waals surface area contributed by atoms with Crippen LogP contribution in [0.25, 0.3) is 0 Å². The highest BCUT2D eigenvalue weighted by molar-refractivity contribution is 6.00. The monoisotopic (exact) mass is 436 g/mol. The second-order valence-corrected chi connectivity index (χ2v) is 8.41. The minimum Gasteiger partial charge on any atom is -0.332 e. The van der Waals surface area contributed by atoms with Crippen molar-refractivity contribution in [2.75, 3.05) is 23.8 Å². The quantitative estimate of drug-likeness (QED) is 0.745. The Morgan fingerprint density at radius 1 is 1.16 bits per heavy atom. The molecule has 2 aromatic heterocycles. The van der Waals surface area contributed by atoms with Gasteiger partial charge in [0, 0.05) is 43.4 Å². The Balaban J connectivity index is 1.36. The predicted octanol–water partition coefficient (Wildman–Crippen LogP) is 2.48. The van der Waals surface area contributed by atoms with Gasteiger partial charge in [-0.3, -0.25) is 19.3 Å². The molecule has 1 saturated heterocycles. The number of hydrogen-bond acceptors (Lipinski definition) is 6. The lowest BCUT2D eigenvalue weighted by molar-refractivity contribution is -0.132. The van der Waals surface area contributed by atoms with Crippen molar-refractivity contribution >= 4 is 29.4 Å². The highest BCUT2D eigenvalue weighted by Crippen LogP contribution is 2.34. The van der Waals surface area contributed by atoms with Crippen molar-refractivity contribution in [3.63, 3.8) is 0 Å². The number of nitrogens with zero attached hydrogens (tertiary/aromatic N) is 5. The van der Waals surface area contributed by atoms with E-state index < -0.39 is 0 Å². The van der Waals surface area contributed by atoms with E-state index in [1.54, 1.807) is 18.0 Å². The Morgan fingerprint density at radius 3 is 2.75 bits per heavy atom. The van der Waals surface area contributed by atoms with Crippen molar-refractivity contribution in [3.8, 4) is 0 Å². The van der Waals surface area contributed by atoms with Gasteiger partial charge in [0.25, 0.3) is 0 Å². The maximum absolute atomic E-state index is 12.9. The Morgan fingerprint density at radius 2 is 1.97 bits per heavy atom. The molecule has 2 aliphatic heterocycles. The van der Waals surface area contributed by atoms with Gasteiger partial charge in [-0.2, -0.15) is 0 Å². The van der Waals surface area contributed by atoms with Crippen molar-refractivity contribution in [2.24, 2.45) is 0 Å². The van der Waals surface area contributed by atoms with E-state index in [1.807, 2.05) is 30.9 Å². The third-order valence-electron chi connectivity index (χ3n) is 6.05. The lowest BCUT2D eigenvalue weighted by Crippen LogP contribution is -2.32. The molecule has 2 aromatic rings. The zero-order valence-electron chi connectivity index (χ0n) is 18.7. The summed E-state index contributed by atoms with van der Waals surface area (Å²) >= 11 is 0. The number of carbonyl (C=O) groups excluding carboxylic acids is 3. The summed E-state index contributed by atoms with van der Waals surface area (Å²) in [6.45, 7) is 4.40. The maximum atomic E-state index is 12.9. The van der Waals surface area contributed by atoms with Crippen molar-refractivity contribution < 1.29 is 14.4 Å². The molecule has 3 amide bonds. The van der Waals surface area contributed by atoms with Crippen LogP contribution < -0.4 is 10.2 Å². The number of anilines is 2. The second-order valence-electron chi connectivity index (χ2n) is 8.41. The van der Waals surface area contributed by atoms with Gasteiger partial charge in [-0.15, -0.1) is 0 Å². The zero-order chi connectivity index (χ0) is 22.8. The molecule has 0 aromatic carbocycles. The van der Waals surface area contributed by atoms with Crippen molar-refractivity contribution in [2.45, 2.75) is 58.4 Å². The Hall–Kier alpha value is -3.36. The van der Waals surface area contributed by atoms with Gasteiger partial charge in [0.2, 0.25) is 17.7 Å². The van der Waals surface area contributed by atoms with Gasteiger partial charge in [0.1, 0.15) is 11.6 Å². The predicted molar refractivity (Wildman–Crippen MR) is 119 cm³/mol. The minimum absolute atomic E-state index is 0.000151. The summed E-state index contributed by atoms with van der Waals surface area (Å²) < 4.78 is 0. The first kappa shape index (κ1) is 21.9. The molecule has 0 unspecified atom stereocenters. The Kier molecular flexibility index (Phi) is 6.16. The van der Waals surface area contributed by atoms with Crippen LogP contribution >= 0.6 is 0 Å². The van der Waals surface area contributed by atoms with Crippen LogP contribution in [0.3, 0.4) is 0 Å². The van der Waals surface area contributed by atoms with Crippen LogP contribution in [0.5, 0.6) is 0 Å². The molecule has 9 nitrogen and oxygen atoms in total. The number of pyridine rings is 1. The average Bonchev–Trinajstić information content (AvgIpc) is 3.34. The molecule has 2 aliphatic rings. The number of aryl methyl sites for hydroxylation is 2. The van der Waals surface area contributed by atoms with E-state index in [9.17, 15) is 14.4 Å². The van der Waals surface area contributed by atoms with Gasteiger partial charge in [0.15, 0.2) is 5.82 Å². The average molecular weight is 437 g/mol. The molecule has 0 spiro atoms. The van der Waals surface area contributed by atoms with Gasteiger partial charge in [0.05, 0.1) is 12.5 Å². The number of likely N-dealkylation sites (N-methyl/N-ethyl adjacent to an activating group) is 1. The molecule has 0 saturated carbocycles. The van der Waals surface area contributed by atoms with Gasteiger partial charge in [-0.05, 0) is 45.2 Å². The van der Waals surface area contributed by atoms with Crippen LogP contribution in [-0.4, -0.2) is 51.2 Å². The van der Waals surface area contributed by atoms with Crippen LogP contribution in [0.2, 0.25) is 0 Å². The van der Waals surface area contributed by atoms with Crippen molar-refractivity contribution in [1.82, 2.24) is 19.9 Å². The van der Waals surface area contributed by atoms with E-state index >= 15 is 0 Å². The van der Waals surface area contributed by atoms with Crippen LogP contribution in [0.4, 0.5) is 11.6 Å². The largest absolute Gasteiger partial charge is 0.332 e. The van der Waals surface area contributed by atoms with Gasteiger partial charge < -0.3 is 10.2 Å². The number of carbonyl (C=O) groups is 3. The molecule has 1 atom stereocenters. The fourth-order valence-electron chi connectivity index (χ4n) is 4.32. The molecule has 168 valence electrons. The molecule has 1 fully saturated rings. The third-order valence-corrected chi connectivity index (χ3v) is 6.05. The van der Waals surface area contributed by atoms with Gasteiger partial charge >= 0.3 is 0 Å². The van der Waals surface area contributed by atoms with Crippen LogP contribution in [-0.2, 0) is 20.8 Å². The summed E-state index contributed by atoms with van der Waals surface area (Å²) in [4.78, 5) is 54.1. The van der Waals surface area contributed by atoms with Crippen molar-refractivity contribution in [1.29, 1.82) is 0 Å². The molecular weight excluding hydrogens is 408 g/mol. The number of fused-ring (bicyclic) bond motifs is 1. The second kappa shape index (κ2) is 9.02. The number of nitrogens with one attached hydrogen (secondary N) is 1. The van der Waals surface area contributed by atoms with Gasteiger partial charge in [-0.25, -0.2) is 15.0 Å². The van der Waals surface area contributed by atoms with Crippen LogP contribution in [0, 0.1) is 13.8 Å². The Labute approximate surface area is 187 Å². The molecular formula is C23H28N6O3. The summed E-state index contributed by atoms with van der Waals surface area (Å²) in [6, 6.07) is 5.25. The molecule has 0 aliphatic carbocycles. The summed E-state index contributed by atoms with van der Waals surface area (Å²) in [7, 11) is 1.72. The molecule has 32 heavy (non-hydrogen) atoms. The fraction of sp³-hybridized carbons (Fsp3) is 0.478. The first-order valence-corrected chi connectivity index (χ1v) is 11.0. The molecule has 1 N–H and O–H groups in total. The van der Waals surface area contributed by atoms with E-state index in [-0.39, 0.29) is 36.6 Å². The lowest BCUT2D eigenvalue weighted by atomic mass is 10.1. The summed E-state index contributed by atoms with van der Waals surface area (Å²) in [5.41, 5.74) is 2.49. The van der Waals surface area contributed by atoms with E-state index in [1.165, 1.54) is 0 Å². The fourth-order valence-corrected chi connectivity index (χ4v) is 4.32. The SMILES string of the molecule is Cc1cccc(NC(=O)CCCC(=O)N2CCC[C@H]2c2nc(C)c3c(n2)N(C)C(=O)C3)n1. The van der Waals surface area contributed by atoms with Crippen LogP contribution in [0.1, 0.15) is 60.9 Å². The summed E-state index contributed by atoms with van der Waals surface area (Å²) in [5.74, 6) is 1.62. The molecule has 4 rings (SSSR count). The molecule has 9 heteroatoms. The van der Waals surface area contributed by atoms with E-state index in [2.05, 4.69) is 20.3 Å². The van der Waals surface area contributed by atoms with E-state index in [4.69, 9.17) is 0 Å². The van der Waals surface area contributed by atoms with Crippen LogP contribution in [0.15, 0.2) is 18.2 Å². The number of rotatable bonds is 6. The number of hydrogen-bond donors (Lipinski definition) is 1. The smallest absolute Gasteiger partial charge is 0.232 e. The Bertz CT molecular complexity index is 1070. The lowest BCUT2D eigenvalue weighted by Gasteiger charge is -2.24. The first-order chi connectivity index (χ1) is 15.3. The molecule has 0 radical (unpaired) electrons. The number of likely N-dealkylation sites (tertiary alicyclic amines) is 1. The highest BCUT2D eigenvalue weighted by Gasteiger charge is 2.35. The molecule has 4 heterocycles.